The molecule has 0 unspecified atom stereocenters. The molecule has 0 amide bonds. The largest absolute Gasteiger partial charge is 0.507 e. The van der Waals surface area contributed by atoms with Gasteiger partial charge in [0, 0.05) is 11.6 Å². The molecule has 2 rings (SSSR count). The Morgan fingerprint density at radius 1 is 1.31 bits per heavy atom. The van der Waals surface area contributed by atoms with E-state index >= 15 is 0 Å². The van der Waals surface area contributed by atoms with Crippen molar-refractivity contribution in [3.63, 3.8) is 0 Å². The van der Waals surface area contributed by atoms with Crippen LogP contribution < -0.4 is 5.32 Å². The highest BCUT2D eigenvalue weighted by Crippen LogP contribution is 2.34. The first kappa shape index (κ1) is 8.57. The van der Waals surface area contributed by atoms with E-state index in [4.69, 9.17) is 0 Å². The van der Waals surface area contributed by atoms with E-state index in [1.165, 1.54) is 5.56 Å². The van der Waals surface area contributed by atoms with Crippen LogP contribution in [0.15, 0.2) is 12.1 Å². The molecule has 1 aliphatic rings. The number of phenolic OH excluding ortho intramolecular Hbond substituents is 1. The average molecular weight is 177 g/mol. The summed E-state index contributed by atoms with van der Waals surface area (Å²) in [7, 11) is 0. The van der Waals surface area contributed by atoms with Crippen LogP contribution in [0.3, 0.4) is 0 Å². The van der Waals surface area contributed by atoms with Crippen molar-refractivity contribution in [3.8, 4) is 5.75 Å². The predicted molar refractivity (Wildman–Crippen MR) is 52.9 cm³/mol. The summed E-state index contributed by atoms with van der Waals surface area (Å²) < 4.78 is 0. The highest BCUT2D eigenvalue weighted by molar-refractivity contribution is 5.46. The van der Waals surface area contributed by atoms with Gasteiger partial charge in [-0.15, -0.1) is 0 Å². The standard InChI is InChI=1S/C11H15NO/c1-7-3-4-8(2)11(13)10(7)9-5-6-12-9/h3-4,9,12-13H,5-6H2,1-2H3/t9-/m0/s1. The van der Waals surface area contributed by atoms with Gasteiger partial charge in [-0.25, -0.2) is 0 Å². The first-order valence-corrected chi connectivity index (χ1v) is 4.72. The molecule has 1 aromatic carbocycles. The van der Waals surface area contributed by atoms with Crippen molar-refractivity contribution >= 4 is 0 Å². The lowest BCUT2D eigenvalue weighted by Crippen LogP contribution is -2.35. The highest BCUT2D eigenvalue weighted by atomic mass is 16.3. The van der Waals surface area contributed by atoms with Crippen LogP contribution in [-0.2, 0) is 0 Å². The van der Waals surface area contributed by atoms with Gasteiger partial charge in [-0.3, -0.25) is 0 Å². The number of nitrogens with one attached hydrogen (secondary N) is 1. The molecule has 2 nitrogen and oxygen atoms in total. The van der Waals surface area contributed by atoms with E-state index in [-0.39, 0.29) is 0 Å². The number of rotatable bonds is 1. The van der Waals surface area contributed by atoms with Crippen molar-refractivity contribution < 1.29 is 5.11 Å². The van der Waals surface area contributed by atoms with Gasteiger partial charge in [0.2, 0.25) is 0 Å². The van der Waals surface area contributed by atoms with E-state index in [0.29, 0.717) is 11.8 Å². The summed E-state index contributed by atoms with van der Waals surface area (Å²) in [6.07, 6.45) is 1.14. The molecule has 1 atom stereocenters. The second-order valence-corrected chi connectivity index (χ2v) is 3.76. The first-order chi connectivity index (χ1) is 6.20. The normalized spacial score (nSPS) is 21.2. The van der Waals surface area contributed by atoms with Crippen molar-refractivity contribution in [3.05, 3.63) is 28.8 Å². The smallest absolute Gasteiger partial charge is 0.123 e. The lowest BCUT2D eigenvalue weighted by molar-refractivity contribution is 0.362. The number of phenols is 1. The van der Waals surface area contributed by atoms with Gasteiger partial charge in [-0.2, -0.15) is 0 Å². The Morgan fingerprint density at radius 3 is 2.46 bits per heavy atom. The van der Waals surface area contributed by atoms with E-state index < -0.39 is 0 Å². The summed E-state index contributed by atoms with van der Waals surface area (Å²) in [5.74, 6) is 0.470. The number of aromatic hydroxyl groups is 1. The lowest BCUT2D eigenvalue weighted by Gasteiger charge is -2.30. The molecule has 13 heavy (non-hydrogen) atoms. The summed E-state index contributed by atoms with van der Waals surface area (Å²) in [5.41, 5.74) is 3.24. The Morgan fingerprint density at radius 2 is 1.92 bits per heavy atom. The van der Waals surface area contributed by atoms with Crippen molar-refractivity contribution in [2.45, 2.75) is 26.3 Å². The molecule has 0 aromatic heterocycles. The maximum Gasteiger partial charge on any atom is 0.123 e. The fourth-order valence-electron chi connectivity index (χ4n) is 1.79. The Hall–Kier alpha value is -1.02. The van der Waals surface area contributed by atoms with Crippen molar-refractivity contribution in [1.29, 1.82) is 0 Å². The van der Waals surface area contributed by atoms with Crippen molar-refractivity contribution in [2.24, 2.45) is 0 Å². The van der Waals surface area contributed by atoms with Gasteiger partial charge >= 0.3 is 0 Å². The number of hydrogen-bond donors (Lipinski definition) is 2. The molecule has 0 bridgehead atoms. The fraction of sp³-hybridized carbons (Fsp3) is 0.455. The van der Waals surface area contributed by atoms with Crippen LogP contribution >= 0.6 is 0 Å². The monoisotopic (exact) mass is 177 g/mol. The minimum atomic E-state index is 0.375. The Balaban J connectivity index is 2.46. The molecule has 1 aliphatic heterocycles. The van der Waals surface area contributed by atoms with Crippen molar-refractivity contribution in [1.82, 2.24) is 5.32 Å². The SMILES string of the molecule is Cc1ccc(C)c([C@@H]2CCN2)c1O. The summed E-state index contributed by atoms with van der Waals surface area (Å²) in [6, 6.07) is 4.41. The second kappa shape index (κ2) is 3.04. The van der Waals surface area contributed by atoms with E-state index in [2.05, 4.69) is 18.3 Å². The van der Waals surface area contributed by atoms with Crippen molar-refractivity contribution in [2.75, 3.05) is 6.54 Å². The maximum atomic E-state index is 9.87. The van der Waals surface area contributed by atoms with Gasteiger partial charge < -0.3 is 10.4 Å². The van der Waals surface area contributed by atoms with Crippen LogP contribution in [0.4, 0.5) is 0 Å². The molecule has 1 aromatic rings. The summed E-state index contributed by atoms with van der Waals surface area (Å²) >= 11 is 0. The summed E-state index contributed by atoms with van der Waals surface area (Å²) in [5, 5.41) is 13.2. The lowest BCUT2D eigenvalue weighted by atomic mass is 9.91. The zero-order valence-electron chi connectivity index (χ0n) is 8.09. The molecular weight excluding hydrogens is 162 g/mol. The van der Waals surface area contributed by atoms with Crippen LogP contribution in [-0.4, -0.2) is 11.7 Å². The van der Waals surface area contributed by atoms with Gasteiger partial charge in [0.05, 0.1) is 0 Å². The van der Waals surface area contributed by atoms with Crippen LogP contribution in [0, 0.1) is 13.8 Å². The van der Waals surface area contributed by atoms with Gasteiger partial charge in [0.25, 0.3) is 0 Å². The van der Waals surface area contributed by atoms with Crippen LogP contribution in [0.25, 0.3) is 0 Å². The Bertz CT molecular complexity index is 329. The van der Waals surface area contributed by atoms with E-state index in [9.17, 15) is 5.11 Å². The predicted octanol–water partition coefficient (Wildman–Crippen LogP) is 2.04. The zero-order valence-corrected chi connectivity index (χ0v) is 8.09. The minimum absolute atomic E-state index is 0.375. The van der Waals surface area contributed by atoms with E-state index in [1.54, 1.807) is 0 Å². The molecule has 0 radical (unpaired) electrons. The molecule has 1 fully saturated rings. The molecule has 0 aliphatic carbocycles. The molecule has 0 spiro atoms. The molecule has 2 N–H and O–H groups in total. The Labute approximate surface area is 78.6 Å². The van der Waals surface area contributed by atoms with Gasteiger partial charge in [0.1, 0.15) is 5.75 Å². The van der Waals surface area contributed by atoms with Crippen LogP contribution in [0.2, 0.25) is 0 Å². The van der Waals surface area contributed by atoms with Gasteiger partial charge in [-0.1, -0.05) is 12.1 Å². The highest BCUT2D eigenvalue weighted by Gasteiger charge is 2.23. The van der Waals surface area contributed by atoms with E-state index in [0.717, 1.165) is 24.1 Å². The third kappa shape index (κ3) is 1.31. The molecular formula is C11H15NO. The summed E-state index contributed by atoms with van der Waals surface area (Å²) in [4.78, 5) is 0. The van der Waals surface area contributed by atoms with Crippen LogP contribution in [0.5, 0.6) is 5.75 Å². The molecule has 0 saturated carbocycles. The maximum absolute atomic E-state index is 9.87. The average Bonchev–Trinajstić information content (AvgIpc) is 2.02. The fourth-order valence-corrected chi connectivity index (χ4v) is 1.79. The summed E-state index contributed by atoms with van der Waals surface area (Å²) in [6.45, 7) is 5.06. The third-order valence-electron chi connectivity index (χ3n) is 2.81. The zero-order chi connectivity index (χ0) is 9.42. The quantitative estimate of drug-likeness (QED) is 0.688. The number of aryl methyl sites for hydroxylation is 2. The van der Waals surface area contributed by atoms with Gasteiger partial charge in [0.15, 0.2) is 0 Å². The second-order valence-electron chi connectivity index (χ2n) is 3.76. The van der Waals surface area contributed by atoms with Crippen LogP contribution in [0.1, 0.15) is 29.2 Å². The van der Waals surface area contributed by atoms with E-state index in [1.807, 2.05) is 13.0 Å². The number of hydrogen-bond acceptors (Lipinski definition) is 2. The topological polar surface area (TPSA) is 32.3 Å². The first-order valence-electron chi connectivity index (χ1n) is 4.72. The minimum Gasteiger partial charge on any atom is -0.507 e. The van der Waals surface area contributed by atoms with Gasteiger partial charge in [-0.05, 0) is 37.9 Å². The number of benzene rings is 1. The molecule has 2 heteroatoms. The molecule has 70 valence electrons. The molecule has 1 saturated heterocycles. The Kier molecular flexibility index (Phi) is 2.00. The molecule has 1 heterocycles. The third-order valence-corrected chi connectivity index (χ3v) is 2.81.